The number of hydrogen-bond acceptors (Lipinski definition) is 5. The molecule has 0 amide bonds. The molecule has 1 aromatic heterocycles. The van der Waals surface area contributed by atoms with Gasteiger partial charge in [0.15, 0.2) is 5.43 Å². The van der Waals surface area contributed by atoms with Crippen LogP contribution in [0.25, 0.3) is 11.0 Å². The molecule has 0 fully saturated rings. The van der Waals surface area contributed by atoms with E-state index in [0.29, 0.717) is 17.7 Å². The molecule has 2 aromatic carbocycles. The fraction of sp³-hybridized carbons (Fsp3) is 0.385. The van der Waals surface area contributed by atoms with E-state index in [1.165, 1.54) is 5.56 Å². The summed E-state index contributed by atoms with van der Waals surface area (Å²) in [5.74, 6) is -0.0878. The molecule has 3 aromatic rings. The minimum Gasteiger partial charge on any atom is -0.493 e. The van der Waals surface area contributed by atoms with E-state index in [9.17, 15) is 9.59 Å². The summed E-state index contributed by atoms with van der Waals surface area (Å²) < 4.78 is 17.0. The molecule has 170 valence electrons. The largest absolute Gasteiger partial charge is 0.493 e. The van der Waals surface area contributed by atoms with Gasteiger partial charge in [-0.05, 0) is 43.0 Å². The van der Waals surface area contributed by atoms with Crippen LogP contribution in [-0.2, 0) is 6.42 Å². The highest BCUT2D eigenvalue weighted by Gasteiger charge is 2.11. The van der Waals surface area contributed by atoms with Gasteiger partial charge in [-0.3, -0.25) is 4.79 Å². The van der Waals surface area contributed by atoms with E-state index < -0.39 is 5.97 Å². The highest BCUT2D eigenvalue weighted by atomic mass is 16.5. The lowest BCUT2D eigenvalue weighted by Crippen LogP contribution is -2.06. The lowest BCUT2D eigenvalue weighted by molar-refractivity contribution is 0.0663. The van der Waals surface area contributed by atoms with Crippen LogP contribution in [-0.4, -0.2) is 24.3 Å². The number of unbranched alkanes of at least 4 members (excludes halogenated alkanes) is 4. The van der Waals surface area contributed by atoms with E-state index in [2.05, 4.69) is 19.1 Å². The van der Waals surface area contributed by atoms with Crippen molar-refractivity contribution in [3.63, 3.8) is 0 Å². The number of aromatic carboxylic acids is 1. The number of carbonyl (C=O) groups is 1. The number of para-hydroxylation sites is 1. The van der Waals surface area contributed by atoms with E-state index >= 15 is 0 Å². The van der Waals surface area contributed by atoms with Crippen molar-refractivity contribution in [2.24, 2.45) is 0 Å². The summed E-state index contributed by atoms with van der Waals surface area (Å²) in [7, 11) is 0. The maximum atomic E-state index is 12.0. The zero-order valence-corrected chi connectivity index (χ0v) is 18.5. The molecule has 6 nitrogen and oxygen atoms in total. The molecule has 0 spiro atoms. The number of fused-ring (bicyclic) bond motifs is 1. The Hall–Kier alpha value is -3.28. The zero-order valence-electron chi connectivity index (χ0n) is 18.5. The Balaban J connectivity index is 1.34. The Morgan fingerprint density at radius 2 is 1.66 bits per heavy atom. The molecule has 3 rings (SSSR count). The fourth-order valence-electron chi connectivity index (χ4n) is 3.56. The smallest absolute Gasteiger partial charge is 0.371 e. The first-order valence-electron chi connectivity index (χ1n) is 11.2. The minimum atomic E-state index is -1.27. The van der Waals surface area contributed by atoms with Crippen LogP contribution >= 0.6 is 0 Å². The minimum absolute atomic E-state index is 0.216. The topological polar surface area (TPSA) is 86.0 Å². The Labute approximate surface area is 187 Å². The number of carboxylic acids is 1. The molecule has 1 N–H and O–H groups in total. The van der Waals surface area contributed by atoms with Gasteiger partial charge in [-0.2, -0.15) is 0 Å². The number of aryl methyl sites for hydroxylation is 1. The van der Waals surface area contributed by atoms with Crippen molar-refractivity contribution < 1.29 is 23.8 Å². The first-order chi connectivity index (χ1) is 15.6. The molecule has 1 heterocycles. The average Bonchev–Trinajstić information content (AvgIpc) is 2.79. The third-order valence-corrected chi connectivity index (χ3v) is 5.22. The second-order valence-corrected chi connectivity index (χ2v) is 7.76. The second-order valence-electron chi connectivity index (χ2n) is 7.76. The maximum Gasteiger partial charge on any atom is 0.371 e. The molecule has 0 atom stereocenters. The number of rotatable bonds is 13. The van der Waals surface area contributed by atoms with Crippen molar-refractivity contribution in [2.45, 2.75) is 51.9 Å². The van der Waals surface area contributed by atoms with E-state index in [1.54, 1.807) is 18.2 Å². The molecule has 0 unspecified atom stereocenters. The molecule has 0 bridgehead atoms. The van der Waals surface area contributed by atoms with Crippen molar-refractivity contribution >= 4 is 16.9 Å². The standard InChI is InChI=1S/C26H30O6/c1-2-10-19-11-6-7-12-23(19)31-16-9-5-3-4-8-15-30-20-13-14-21-22(27)18-25(26(28)29)32-24(21)17-20/h6-7,11-14,17-18H,2-5,8-10,15-16H2,1H3,(H,28,29). The summed E-state index contributed by atoms with van der Waals surface area (Å²) in [6.45, 7) is 3.46. The summed E-state index contributed by atoms with van der Waals surface area (Å²) >= 11 is 0. The molecule has 0 radical (unpaired) electrons. The SMILES string of the molecule is CCCc1ccccc1OCCCCCCCOc1ccc2c(=O)cc(C(=O)O)oc2c1. The molecule has 0 saturated heterocycles. The number of ether oxygens (including phenoxy) is 2. The van der Waals surface area contributed by atoms with Crippen molar-refractivity contribution in [2.75, 3.05) is 13.2 Å². The maximum absolute atomic E-state index is 12.0. The summed E-state index contributed by atoms with van der Waals surface area (Å²) in [5.41, 5.74) is 1.11. The van der Waals surface area contributed by atoms with E-state index in [4.69, 9.17) is 19.0 Å². The normalized spacial score (nSPS) is 10.9. The predicted octanol–water partition coefficient (Wildman–Crippen LogP) is 5.85. The van der Waals surface area contributed by atoms with Crippen molar-refractivity contribution in [3.05, 3.63) is 70.1 Å². The first-order valence-corrected chi connectivity index (χ1v) is 11.2. The Morgan fingerprint density at radius 3 is 2.41 bits per heavy atom. The van der Waals surface area contributed by atoms with Crippen molar-refractivity contribution in [3.8, 4) is 11.5 Å². The van der Waals surface area contributed by atoms with Gasteiger partial charge in [0.25, 0.3) is 0 Å². The van der Waals surface area contributed by atoms with Crippen molar-refractivity contribution in [1.29, 1.82) is 0 Å². The van der Waals surface area contributed by atoms with Gasteiger partial charge in [0.05, 0.1) is 18.6 Å². The van der Waals surface area contributed by atoms with Gasteiger partial charge in [-0.25, -0.2) is 4.79 Å². The third-order valence-electron chi connectivity index (χ3n) is 5.22. The van der Waals surface area contributed by atoms with Gasteiger partial charge in [0.2, 0.25) is 5.76 Å². The lowest BCUT2D eigenvalue weighted by atomic mass is 10.1. The predicted molar refractivity (Wildman–Crippen MR) is 124 cm³/mol. The summed E-state index contributed by atoms with van der Waals surface area (Å²) in [4.78, 5) is 23.0. The molecule has 0 aliphatic rings. The van der Waals surface area contributed by atoms with Crippen LogP contribution in [0.5, 0.6) is 11.5 Å². The van der Waals surface area contributed by atoms with E-state index in [0.717, 1.165) is 63.4 Å². The number of carboxylic acid groups (broad SMARTS) is 1. The van der Waals surface area contributed by atoms with Crippen LogP contribution in [0.1, 0.15) is 61.6 Å². The van der Waals surface area contributed by atoms with E-state index in [1.807, 2.05) is 12.1 Å². The fourth-order valence-corrected chi connectivity index (χ4v) is 3.56. The second kappa shape index (κ2) is 11.9. The van der Waals surface area contributed by atoms with Crippen LogP contribution < -0.4 is 14.9 Å². The van der Waals surface area contributed by atoms with Crippen LogP contribution in [0.3, 0.4) is 0 Å². The molecular formula is C26H30O6. The number of hydrogen-bond donors (Lipinski definition) is 1. The van der Waals surface area contributed by atoms with E-state index in [-0.39, 0.29) is 16.8 Å². The molecule has 0 aliphatic heterocycles. The summed E-state index contributed by atoms with van der Waals surface area (Å²) in [6.07, 6.45) is 7.36. The molecule has 6 heteroatoms. The van der Waals surface area contributed by atoms with Gasteiger partial charge >= 0.3 is 5.97 Å². The van der Waals surface area contributed by atoms with Crippen molar-refractivity contribution in [1.82, 2.24) is 0 Å². The van der Waals surface area contributed by atoms with Gasteiger partial charge in [0, 0.05) is 12.1 Å². The van der Waals surface area contributed by atoms with Crippen LogP contribution in [0.2, 0.25) is 0 Å². The highest BCUT2D eigenvalue weighted by Crippen LogP contribution is 2.21. The number of benzene rings is 2. The summed E-state index contributed by atoms with van der Waals surface area (Å²) in [6, 6.07) is 14.1. The monoisotopic (exact) mass is 438 g/mol. The molecule has 0 saturated carbocycles. The highest BCUT2D eigenvalue weighted by molar-refractivity contribution is 5.87. The molecule has 32 heavy (non-hydrogen) atoms. The molecule has 0 aliphatic carbocycles. The Kier molecular flexibility index (Phi) is 8.72. The van der Waals surface area contributed by atoms with Gasteiger partial charge in [-0.1, -0.05) is 50.8 Å². The van der Waals surface area contributed by atoms with Gasteiger partial charge in [0.1, 0.15) is 17.1 Å². The van der Waals surface area contributed by atoms with Gasteiger partial charge in [-0.15, -0.1) is 0 Å². The Bertz CT molecular complexity index is 1090. The van der Waals surface area contributed by atoms with Crippen LogP contribution in [0, 0.1) is 0 Å². The van der Waals surface area contributed by atoms with Gasteiger partial charge < -0.3 is 19.0 Å². The first kappa shape index (κ1) is 23.4. The quantitative estimate of drug-likeness (QED) is 0.337. The average molecular weight is 439 g/mol. The summed E-state index contributed by atoms with van der Waals surface area (Å²) in [5, 5.41) is 9.37. The zero-order chi connectivity index (χ0) is 22.8. The lowest BCUT2D eigenvalue weighted by Gasteiger charge is -2.11. The van der Waals surface area contributed by atoms with Crippen LogP contribution in [0.4, 0.5) is 0 Å². The third kappa shape index (κ3) is 6.61. The van der Waals surface area contributed by atoms with Crippen LogP contribution in [0.15, 0.2) is 57.7 Å². The molecular weight excluding hydrogens is 408 g/mol. The Morgan fingerprint density at radius 1 is 0.938 bits per heavy atom.